The Morgan fingerprint density at radius 2 is 2.23 bits per heavy atom. The fourth-order valence-electron chi connectivity index (χ4n) is 3.72. The van der Waals surface area contributed by atoms with E-state index in [1.807, 2.05) is 18.2 Å². The molecule has 1 aromatic carbocycles. The predicted octanol–water partition coefficient (Wildman–Crippen LogP) is 1.40. The minimum Gasteiger partial charge on any atom is -0.494 e. The molecule has 2 aromatic rings. The van der Waals surface area contributed by atoms with Gasteiger partial charge in [0.15, 0.2) is 5.69 Å². The number of aromatic nitrogens is 2. The topological polar surface area (TPSA) is 70.2 Å². The number of nitrogens with one attached hydrogen (secondary N) is 2. The average molecular weight is 300 g/mol. The van der Waals surface area contributed by atoms with Crippen LogP contribution in [0.5, 0.6) is 5.75 Å². The van der Waals surface area contributed by atoms with Crippen LogP contribution >= 0.6 is 0 Å². The molecule has 6 heteroatoms. The van der Waals surface area contributed by atoms with Crippen molar-refractivity contribution >= 4 is 16.8 Å². The summed E-state index contributed by atoms with van der Waals surface area (Å²) in [5, 5.41) is 11.1. The third-order valence-electron chi connectivity index (χ3n) is 4.97. The van der Waals surface area contributed by atoms with Gasteiger partial charge in [0.05, 0.1) is 7.11 Å². The van der Waals surface area contributed by atoms with Crippen LogP contribution < -0.4 is 10.1 Å². The van der Waals surface area contributed by atoms with Gasteiger partial charge >= 0.3 is 0 Å². The summed E-state index contributed by atoms with van der Waals surface area (Å²) in [5.41, 5.74) is 1.22. The zero-order valence-electron chi connectivity index (χ0n) is 12.6. The summed E-state index contributed by atoms with van der Waals surface area (Å²) in [6.07, 6.45) is 2.36. The lowest BCUT2D eigenvalue weighted by atomic mass is 9.84. The lowest BCUT2D eigenvalue weighted by Crippen LogP contribution is -2.57. The number of fused-ring (bicyclic) bond motifs is 4. The van der Waals surface area contributed by atoms with Gasteiger partial charge in [-0.05, 0) is 37.9 Å². The van der Waals surface area contributed by atoms with Gasteiger partial charge in [0, 0.05) is 18.0 Å². The standard InChI is InChI=1S/C16H20N4O2/c1-22-13-4-2-3-11-14(13)18-19-15(11)16(21)17-12-9-20-7-5-10(12)6-8-20/h2-4,10,12H,5-9H2,1H3,(H,17,21)(H,18,19)/t12-/m1/s1. The van der Waals surface area contributed by atoms with Crippen LogP contribution in [0.3, 0.4) is 0 Å². The Hall–Kier alpha value is -2.08. The van der Waals surface area contributed by atoms with Gasteiger partial charge in [-0.1, -0.05) is 12.1 Å². The number of hydrogen-bond acceptors (Lipinski definition) is 4. The highest BCUT2D eigenvalue weighted by Crippen LogP contribution is 2.29. The first-order valence-corrected chi connectivity index (χ1v) is 7.80. The van der Waals surface area contributed by atoms with Crippen molar-refractivity contribution < 1.29 is 9.53 Å². The van der Waals surface area contributed by atoms with Crippen LogP contribution in [0.15, 0.2) is 18.2 Å². The highest BCUT2D eigenvalue weighted by molar-refractivity contribution is 6.06. The summed E-state index contributed by atoms with van der Waals surface area (Å²) in [4.78, 5) is 15.0. The van der Waals surface area contributed by atoms with Crippen LogP contribution in [0.1, 0.15) is 23.3 Å². The van der Waals surface area contributed by atoms with Gasteiger partial charge in [-0.25, -0.2) is 0 Å². The normalized spacial score (nSPS) is 27.0. The van der Waals surface area contributed by atoms with E-state index >= 15 is 0 Å². The van der Waals surface area contributed by atoms with E-state index in [1.165, 1.54) is 25.9 Å². The Balaban J connectivity index is 1.58. The number of methoxy groups -OCH3 is 1. The van der Waals surface area contributed by atoms with Gasteiger partial charge in [0.25, 0.3) is 5.91 Å². The molecule has 1 atom stereocenters. The second kappa shape index (κ2) is 5.28. The van der Waals surface area contributed by atoms with Crippen LogP contribution in [-0.2, 0) is 0 Å². The minimum atomic E-state index is -0.0988. The molecule has 2 bridgehead atoms. The minimum absolute atomic E-state index is 0.0988. The number of piperidine rings is 3. The number of rotatable bonds is 3. The lowest BCUT2D eigenvalue weighted by molar-refractivity contribution is 0.0618. The smallest absolute Gasteiger partial charge is 0.272 e. The largest absolute Gasteiger partial charge is 0.494 e. The maximum atomic E-state index is 12.6. The van der Waals surface area contributed by atoms with Gasteiger partial charge in [-0.2, -0.15) is 5.10 Å². The van der Waals surface area contributed by atoms with Crippen LogP contribution in [-0.4, -0.2) is 53.8 Å². The van der Waals surface area contributed by atoms with Crippen LogP contribution in [0, 0.1) is 5.92 Å². The van der Waals surface area contributed by atoms with Crippen molar-refractivity contribution in [3.8, 4) is 5.75 Å². The van der Waals surface area contributed by atoms with Crippen molar-refractivity contribution in [2.75, 3.05) is 26.7 Å². The lowest BCUT2D eigenvalue weighted by Gasteiger charge is -2.44. The Bertz CT molecular complexity index is 703. The molecule has 0 unspecified atom stereocenters. The SMILES string of the molecule is COc1cccc2c(C(=O)N[C@@H]3CN4CCC3CC4)n[nH]c12. The van der Waals surface area contributed by atoms with Gasteiger partial charge in [0.2, 0.25) is 0 Å². The van der Waals surface area contributed by atoms with E-state index < -0.39 is 0 Å². The van der Waals surface area contributed by atoms with E-state index in [9.17, 15) is 4.79 Å². The van der Waals surface area contributed by atoms with E-state index in [2.05, 4.69) is 20.4 Å². The average Bonchev–Trinajstić information content (AvgIpc) is 3.00. The zero-order chi connectivity index (χ0) is 15.1. The molecule has 6 nitrogen and oxygen atoms in total. The molecule has 3 aliphatic heterocycles. The summed E-state index contributed by atoms with van der Waals surface area (Å²) in [6, 6.07) is 5.87. The van der Waals surface area contributed by atoms with E-state index in [-0.39, 0.29) is 11.9 Å². The van der Waals surface area contributed by atoms with Crippen molar-refractivity contribution in [2.45, 2.75) is 18.9 Å². The van der Waals surface area contributed by atoms with E-state index in [4.69, 9.17) is 4.74 Å². The highest BCUT2D eigenvalue weighted by atomic mass is 16.5. The maximum absolute atomic E-state index is 12.6. The van der Waals surface area contributed by atoms with Crippen molar-refractivity contribution in [3.63, 3.8) is 0 Å². The van der Waals surface area contributed by atoms with Gasteiger partial charge in [0.1, 0.15) is 11.3 Å². The number of benzene rings is 1. The number of carbonyl (C=O) groups is 1. The van der Waals surface area contributed by atoms with E-state index in [0.29, 0.717) is 17.4 Å². The molecular formula is C16H20N4O2. The molecule has 2 N–H and O–H groups in total. The monoisotopic (exact) mass is 300 g/mol. The van der Waals surface area contributed by atoms with Crippen LogP contribution in [0.25, 0.3) is 10.9 Å². The van der Waals surface area contributed by atoms with Crippen molar-refractivity contribution in [1.82, 2.24) is 20.4 Å². The quantitative estimate of drug-likeness (QED) is 0.899. The molecule has 0 spiro atoms. The molecule has 0 radical (unpaired) electrons. The number of nitrogens with zero attached hydrogens (tertiary/aromatic N) is 2. The first kappa shape index (κ1) is 13.6. The summed E-state index contributed by atoms with van der Waals surface area (Å²) in [6.45, 7) is 3.29. The number of aromatic amines is 1. The fraction of sp³-hybridized carbons (Fsp3) is 0.500. The molecule has 1 amide bonds. The number of H-pyrrole nitrogens is 1. The molecule has 5 rings (SSSR count). The van der Waals surface area contributed by atoms with Crippen LogP contribution in [0.2, 0.25) is 0 Å². The molecule has 3 saturated heterocycles. The molecule has 3 aliphatic rings. The van der Waals surface area contributed by atoms with Gasteiger partial charge in [-0.3, -0.25) is 9.89 Å². The third-order valence-corrected chi connectivity index (χ3v) is 4.97. The number of para-hydroxylation sites is 1. The number of amides is 1. The molecule has 0 saturated carbocycles. The Kier molecular flexibility index (Phi) is 3.26. The highest BCUT2D eigenvalue weighted by Gasteiger charge is 2.35. The maximum Gasteiger partial charge on any atom is 0.272 e. The molecule has 116 valence electrons. The fourth-order valence-corrected chi connectivity index (χ4v) is 3.72. The molecule has 1 aromatic heterocycles. The van der Waals surface area contributed by atoms with Gasteiger partial charge < -0.3 is 15.0 Å². The predicted molar refractivity (Wildman–Crippen MR) is 83.1 cm³/mol. The summed E-state index contributed by atoms with van der Waals surface area (Å²) in [7, 11) is 1.61. The summed E-state index contributed by atoms with van der Waals surface area (Å²) < 4.78 is 5.30. The van der Waals surface area contributed by atoms with E-state index in [0.717, 1.165) is 17.4 Å². The Morgan fingerprint density at radius 3 is 2.91 bits per heavy atom. The first-order valence-electron chi connectivity index (χ1n) is 7.80. The molecule has 0 aliphatic carbocycles. The number of ether oxygens (including phenoxy) is 1. The number of hydrogen-bond donors (Lipinski definition) is 2. The first-order chi connectivity index (χ1) is 10.8. The van der Waals surface area contributed by atoms with Crippen molar-refractivity contribution in [3.05, 3.63) is 23.9 Å². The molecule has 22 heavy (non-hydrogen) atoms. The Morgan fingerprint density at radius 1 is 1.41 bits per heavy atom. The third kappa shape index (κ3) is 2.14. The molecule has 4 heterocycles. The summed E-state index contributed by atoms with van der Waals surface area (Å²) in [5.74, 6) is 1.21. The summed E-state index contributed by atoms with van der Waals surface area (Å²) >= 11 is 0. The second-order valence-corrected chi connectivity index (χ2v) is 6.17. The molecular weight excluding hydrogens is 280 g/mol. The second-order valence-electron chi connectivity index (χ2n) is 6.17. The van der Waals surface area contributed by atoms with Gasteiger partial charge in [-0.15, -0.1) is 0 Å². The van der Waals surface area contributed by atoms with Crippen molar-refractivity contribution in [1.29, 1.82) is 0 Å². The van der Waals surface area contributed by atoms with E-state index in [1.54, 1.807) is 7.11 Å². The molecule has 3 fully saturated rings. The van der Waals surface area contributed by atoms with Crippen molar-refractivity contribution in [2.24, 2.45) is 5.92 Å². The zero-order valence-corrected chi connectivity index (χ0v) is 12.6. The van der Waals surface area contributed by atoms with Crippen LogP contribution in [0.4, 0.5) is 0 Å². The Labute approximate surface area is 128 Å². The number of carbonyl (C=O) groups excluding carboxylic acids is 1.